The van der Waals surface area contributed by atoms with Gasteiger partial charge in [-0.1, -0.05) is 26.0 Å². The molecule has 0 fully saturated rings. The number of primary amides is 1. The minimum absolute atomic E-state index is 0.114. The van der Waals surface area contributed by atoms with Gasteiger partial charge in [0, 0.05) is 5.56 Å². The zero-order chi connectivity index (χ0) is 17.2. The van der Waals surface area contributed by atoms with Crippen molar-refractivity contribution in [3.05, 3.63) is 29.6 Å². The topological polar surface area (TPSA) is 81.4 Å². The van der Waals surface area contributed by atoms with Crippen molar-refractivity contribution >= 4 is 11.8 Å². The van der Waals surface area contributed by atoms with Gasteiger partial charge in [-0.15, -0.1) is 0 Å². The van der Waals surface area contributed by atoms with Crippen LogP contribution in [0, 0.1) is 11.7 Å². The average molecular weight is 322 g/mol. The maximum atomic E-state index is 13.8. The number of carbonyl (C=O) groups is 2. The lowest BCUT2D eigenvalue weighted by Gasteiger charge is -2.32. The number of hydrogen-bond donors (Lipinski definition) is 2. The smallest absolute Gasteiger partial charge is 0.242 e. The van der Waals surface area contributed by atoms with Crippen LogP contribution in [-0.4, -0.2) is 24.0 Å². The van der Waals surface area contributed by atoms with Crippen LogP contribution in [0.4, 0.5) is 4.39 Å². The highest BCUT2D eigenvalue weighted by Gasteiger charge is 2.37. The third kappa shape index (κ3) is 3.63. The van der Waals surface area contributed by atoms with E-state index in [0.29, 0.717) is 18.4 Å². The number of nitrogens with two attached hydrogens (primary N) is 1. The van der Waals surface area contributed by atoms with E-state index in [1.807, 2.05) is 13.8 Å². The first kappa shape index (κ1) is 17.2. The second kappa shape index (κ2) is 6.56. The first-order chi connectivity index (χ1) is 10.7. The standard InChI is InChI=1S/C17H23FN2O3/c1-10(2)9-17(3,16(19)22)20-15(21)12-7-8-23-14-11(12)5-4-6-13(14)18/h4-6,10,12H,7-9H2,1-3H3,(H2,19,22)(H,20,21). The van der Waals surface area contributed by atoms with E-state index < -0.39 is 23.2 Å². The molecule has 1 heterocycles. The number of fused-ring (bicyclic) bond motifs is 1. The summed E-state index contributed by atoms with van der Waals surface area (Å²) in [7, 11) is 0. The van der Waals surface area contributed by atoms with E-state index in [-0.39, 0.29) is 24.2 Å². The molecule has 1 aliphatic heterocycles. The fourth-order valence-corrected chi connectivity index (χ4v) is 3.05. The van der Waals surface area contributed by atoms with Crippen LogP contribution >= 0.6 is 0 Å². The number of carbonyl (C=O) groups excluding carboxylic acids is 2. The first-order valence-electron chi connectivity index (χ1n) is 7.77. The summed E-state index contributed by atoms with van der Waals surface area (Å²) in [6.07, 6.45) is 0.867. The molecule has 5 nitrogen and oxygen atoms in total. The highest BCUT2D eigenvalue weighted by atomic mass is 19.1. The number of rotatable bonds is 5. The lowest BCUT2D eigenvalue weighted by molar-refractivity contribution is -0.132. The van der Waals surface area contributed by atoms with E-state index in [0.717, 1.165) is 0 Å². The van der Waals surface area contributed by atoms with E-state index in [1.54, 1.807) is 19.1 Å². The summed E-state index contributed by atoms with van der Waals surface area (Å²) in [5.41, 5.74) is 4.85. The molecular formula is C17H23FN2O3. The number of ether oxygens (including phenoxy) is 1. The van der Waals surface area contributed by atoms with Crippen LogP contribution in [0.15, 0.2) is 18.2 Å². The predicted octanol–water partition coefficient (Wildman–Crippen LogP) is 2.10. The molecule has 0 aliphatic carbocycles. The third-order valence-corrected chi connectivity index (χ3v) is 4.10. The largest absolute Gasteiger partial charge is 0.490 e. The Labute approximate surface area is 135 Å². The SMILES string of the molecule is CC(C)CC(C)(NC(=O)C1CCOc2c(F)cccc21)C(N)=O. The molecule has 2 rings (SSSR count). The molecule has 6 heteroatoms. The normalized spacial score (nSPS) is 19.4. The number of para-hydroxylation sites is 1. The molecule has 3 N–H and O–H groups in total. The summed E-state index contributed by atoms with van der Waals surface area (Å²) in [6, 6.07) is 4.52. The van der Waals surface area contributed by atoms with Crippen LogP contribution in [0.5, 0.6) is 5.75 Å². The molecule has 0 saturated carbocycles. The third-order valence-electron chi connectivity index (χ3n) is 4.10. The molecule has 1 aromatic carbocycles. The second-order valence-electron chi connectivity index (χ2n) is 6.63. The summed E-state index contributed by atoms with van der Waals surface area (Å²) in [4.78, 5) is 24.5. The van der Waals surface area contributed by atoms with Crippen LogP contribution in [-0.2, 0) is 9.59 Å². The van der Waals surface area contributed by atoms with Gasteiger partial charge in [-0.3, -0.25) is 9.59 Å². The van der Waals surface area contributed by atoms with Gasteiger partial charge in [-0.2, -0.15) is 0 Å². The molecule has 2 amide bonds. The van der Waals surface area contributed by atoms with Crippen molar-refractivity contribution in [2.45, 2.75) is 45.1 Å². The molecule has 0 radical (unpaired) electrons. The summed E-state index contributed by atoms with van der Waals surface area (Å²) < 4.78 is 19.1. The fraction of sp³-hybridized carbons (Fsp3) is 0.529. The molecule has 2 unspecified atom stereocenters. The molecule has 0 bridgehead atoms. The summed E-state index contributed by atoms with van der Waals surface area (Å²) in [6.45, 7) is 5.78. The Balaban J connectivity index is 2.25. The Hall–Kier alpha value is -2.11. The summed E-state index contributed by atoms with van der Waals surface area (Å²) in [5.74, 6) is -1.65. The van der Waals surface area contributed by atoms with Gasteiger partial charge in [0.15, 0.2) is 11.6 Å². The minimum Gasteiger partial charge on any atom is -0.490 e. The van der Waals surface area contributed by atoms with Crippen molar-refractivity contribution in [3.63, 3.8) is 0 Å². The Morgan fingerprint density at radius 3 is 2.78 bits per heavy atom. The van der Waals surface area contributed by atoms with Crippen LogP contribution in [0.2, 0.25) is 0 Å². The van der Waals surface area contributed by atoms with Gasteiger partial charge in [0.2, 0.25) is 11.8 Å². The Morgan fingerprint density at radius 1 is 1.48 bits per heavy atom. The first-order valence-corrected chi connectivity index (χ1v) is 7.77. The molecule has 23 heavy (non-hydrogen) atoms. The van der Waals surface area contributed by atoms with Gasteiger partial charge in [-0.05, 0) is 31.7 Å². The van der Waals surface area contributed by atoms with E-state index in [2.05, 4.69) is 5.32 Å². The zero-order valence-electron chi connectivity index (χ0n) is 13.7. The number of halogens is 1. The van der Waals surface area contributed by atoms with Crippen molar-refractivity contribution in [1.82, 2.24) is 5.32 Å². The Bertz CT molecular complexity index is 618. The Morgan fingerprint density at radius 2 is 2.17 bits per heavy atom. The number of nitrogens with one attached hydrogen (secondary N) is 1. The quantitative estimate of drug-likeness (QED) is 0.871. The average Bonchev–Trinajstić information content (AvgIpc) is 2.46. The monoisotopic (exact) mass is 322 g/mol. The van der Waals surface area contributed by atoms with Gasteiger partial charge >= 0.3 is 0 Å². The van der Waals surface area contributed by atoms with E-state index in [9.17, 15) is 14.0 Å². The maximum Gasteiger partial charge on any atom is 0.242 e. The van der Waals surface area contributed by atoms with Crippen LogP contribution in [0.25, 0.3) is 0 Å². The number of amides is 2. The van der Waals surface area contributed by atoms with E-state index in [4.69, 9.17) is 10.5 Å². The molecule has 1 aromatic rings. The van der Waals surface area contributed by atoms with Crippen molar-refractivity contribution < 1.29 is 18.7 Å². The van der Waals surface area contributed by atoms with Gasteiger partial charge in [0.1, 0.15) is 5.54 Å². The van der Waals surface area contributed by atoms with E-state index in [1.165, 1.54) is 6.07 Å². The summed E-state index contributed by atoms with van der Waals surface area (Å²) in [5, 5.41) is 2.76. The lowest BCUT2D eigenvalue weighted by atomic mass is 9.87. The van der Waals surface area contributed by atoms with Gasteiger partial charge in [0.25, 0.3) is 0 Å². The molecule has 0 spiro atoms. The molecular weight excluding hydrogens is 299 g/mol. The highest BCUT2D eigenvalue weighted by Crippen LogP contribution is 2.36. The van der Waals surface area contributed by atoms with Crippen molar-refractivity contribution in [1.29, 1.82) is 0 Å². The van der Waals surface area contributed by atoms with Crippen LogP contribution in [0.3, 0.4) is 0 Å². The molecule has 126 valence electrons. The van der Waals surface area contributed by atoms with Gasteiger partial charge in [-0.25, -0.2) is 4.39 Å². The second-order valence-corrected chi connectivity index (χ2v) is 6.63. The molecule has 1 aliphatic rings. The molecule has 0 saturated heterocycles. The zero-order valence-corrected chi connectivity index (χ0v) is 13.7. The number of benzene rings is 1. The fourth-order valence-electron chi connectivity index (χ4n) is 3.05. The van der Waals surface area contributed by atoms with Gasteiger partial charge < -0.3 is 15.8 Å². The van der Waals surface area contributed by atoms with Crippen LogP contribution in [0.1, 0.15) is 45.1 Å². The molecule has 2 atom stereocenters. The predicted molar refractivity (Wildman–Crippen MR) is 84.5 cm³/mol. The van der Waals surface area contributed by atoms with Crippen LogP contribution < -0.4 is 15.8 Å². The Kier molecular flexibility index (Phi) is 4.92. The number of hydrogen-bond acceptors (Lipinski definition) is 3. The minimum atomic E-state index is -1.13. The summed E-state index contributed by atoms with van der Waals surface area (Å²) >= 11 is 0. The van der Waals surface area contributed by atoms with Crippen molar-refractivity contribution in [3.8, 4) is 5.75 Å². The molecule has 0 aromatic heterocycles. The van der Waals surface area contributed by atoms with Crippen molar-refractivity contribution in [2.75, 3.05) is 6.61 Å². The lowest BCUT2D eigenvalue weighted by Crippen LogP contribution is -2.57. The van der Waals surface area contributed by atoms with Gasteiger partial charge in [0.05, 0.1) is 12.5 Å². The van der Waals surface area contributed by atoms with E-state index >= 15 is 0 Å². The maximum absolute atomic E-state index is 13.8. The highest BCUT2D eigenvalue weighted by molar-refractivity contribution is 5.93. The van der Waals surface area contributed by atoms with Crippen molar-refractivity contribution in [2.24, 2.45) is 11.7 Å².